The summed E-state index contributed by atoms with van der Waals surface area (Å²) >= 11 is 1.81. The van der Waals surface area contributed by atoms with Gasteiger partial charge in [0.2, 0.25) is 0 Å². The van der Waals surface area contributed by atoms with Crippen molar-refractivity contribution in [1.82, 2.24) is 19.9 Å². The van der Waals surface area contributed by atoms with Gasteiger partial charge in [0.05, 0.1) is 34.2 Å². The van der Waals surface area contributed by atoms with Gasteiger partial charge in [-0.05, 0) is 95.1 Å². The molecule has 2 aliphatic rings. The second kappa shape index (κ2) is 19.3. The fourth-order valence-electron chi connectivity index (χ4n) is 10.7. The molecule has 0 atom stereocenters. The topological polar surface area (TPSA) is 58.0 Å². The summed E-state index contributed by atoms with van der Waals surface area (Å²) in [5, 5.41) is 0. The minimum atomic E-state index is 0.646. The molecule has 358 valence electrons. The number of hydrogen-bond acceptors (Lipinski definition) is 7. The third kappa shape index (κ3) is 8.29. The highest BCUT2D eigenvalue weighted by Gasteiger charge is 2.29. The molecule has 0 saturated carbocycles. The summed E-state index contributed by atoms with van der Waals surface area (Å²) in [5.74, 6) is 1.29. The molecule has 7 heteroatoms. The molecule has 0 fully saturated rings. The van der Waals surface area contributed by atoms with Crippen LogP contribution >= 0.6 is 11.8 Å². The molecule has 0 radical (unpaired) electrons. The molecule has 0 saturated heterocycles. The predicted molar refractivity (Wildman–Crippen MR) is 312 cm³/mol. The van der Waals surface area contributed by atoms with Crippen LogP contribution in [0, 0.1) is 0 Å². The van der Waals surface area contributed by atoms with E-state index in [0.29, 0.717) is 11.6 Å². The Morgan fingerprint density at radius 1 is 0.276 bits per heavy atom. The van der Waals surface area contributed by atoms with Crippen molar-refractivity contribution in [3.8, 4) is 78.9 Å². The fraction of sp³-hybridized carbons (Fsp3) is 0.0145. The second-order valence-electron chi connectivity index (χ2n) is 19.0. The highest BCUT2D eigenvalue weighted by atomic mass is 32.2. The molecule has 4 heterocycles. The molecule has 2 aliphatic heterocycles. The first-order valence-electron chi connectivity index (χ1n) is 25.6. The zero-order valence-corrected chi connectivity index (χ0v) is 42.0. The van der Waals surface area contributed by atoms with Crippen LogP contribution in [0.1, 0.15) is 11.1 Å². The highest BCUT2D eigenvalue weighted by molar-refractivity contribution is 7.99. The number of hydrogen-bond donors (Lipinski definition) is 0. The maximum atomic E-state index is 5.55. The summed E-state index contributed by atoms with van der Waals surface area (Å²) in [6.07, 6.45) is 0.857. The molecule has 76 heavy (non-hydrogen) atoms. The van der Waals surface area contributed by atoms with Gasteiger partial charge in [0.15, 0.2) is 11.6 Å². The van der Waals surface area contributed by atoms with E-state index in [-0.39, 0.29) is 0 Å². The number of fused-ring (bicyclic) bond motifs is 4. The monoisotopic (exact) mass is 990 g/mol. The molecule has 14 rings (SSSR count). The lowest BCUT2D eigenvalue weighted by Crippen LogP contribution is -2.18. The van der Waals surface area contributed by atoms with Crippen molar-refractivity contribution in [2.45, 2.75) is 16.2 Å². The quantitative estimate of drug-likeness (QED) is 0.143. The van der Waals surface area contributed by atoms with Gasteiger partial charge in [-0.1, -0.05) is 206 Å². The minimum Gasteiger partial charge on any atom is -0.310 e. The molecular weight excluding hydrogens is 945 g/mol. The van der Waals surface area contributed by atoms with Crippen LogP contribution in [0.2, 0.25) is 0 Å². The van der Waals surface area contributed by atoms with Crippen LogP contribution in [0.3, 0.4) is 0 Å². The van der Waals surface area contributed by atoms with E-state index in [2.05, 4.69) is 228 Å². The van der Waals surface area contributed by atoms with Crippen LogP contribution in [0.15, 0.2) is 277 Å². The van der Waals surface area contributed by atoms with Crippen LogP contribution in [0.5, 0.6) is 0 Å². The Bertz CT molecular complexity index is 3650. The Balaban J connectivity index is 1.07. The lowest BCUT2D eigenvalue weighted by Gasteiger charge is -2.34. The number of benzene rings is 10. The molecule has 0 unspecified atom stereocenters. The molecule has 0 aliphatic carbocycles. The number of rotatable bonds is 9. The molecule has 6 nitrogen and oxygen atoms in total. The average Bonchev–Trinajstić information content (AvgIpc) is 3.51. The Hall–Kier alpha value is -9.69. The zero-order chi connectivity index (χ0) is 50.4. The first-order valence-corrected chi connectivity index (χ1v) is 26.4. The summed E-state index contributed by atoms with van der Waals surface area (Å²) in [5.41, 5.74) is 20.2. The van der Waals surface area contributed by atoms with Crippen LogP contribution < -0.4 is 9.80 Å². The highest BCUT2D eigenvalue weighted by Crippen LogP contribution is 2.53. The van der Waals surface area contributed by atoms with E-state index >= 15 is 0 Å². The molecule has 0 bridgehead atoms. The van der Waals surface area contributed by atoms with E-state index < -0.39 is 0 Å². The van der Waals surface area contributed by atoms with Gasteiger partial charge in [-0.2, -0.15) is 0 Å². The molecule has 0 N–H and O–H groups in total. The molecular formula is C69H46N6S. The van der Waals surface area contributed by atoms with E-state index in [9.17, 15) is 0 Å². The van der Waals surface area contributed by atoms with Crippen molar-refractivity contribution in [3.05, 3.63) is 278 Å². The molecule has 12 aromatic rings. The van der Waals surface area contributed by atoms with Crippen molar-refractivity contribution in [1.29, 1.82) is 0 Å². The van der Waals surface area contributed by atoms with Crippen molar-refractivity contribution < 1.29 is 0 Å². The summed E-state index contributed by atoms with van der Waals surface area (Å²) in [7, 11) is 0. The van der Waals surface area contributed by atoms with Crippen molar-refractivity contribution in [2.24, 2.45) is 0 Å². The summed E-state index contributed by atoms with van der Waals surface area (Å²) in [4.78, 5) is 28.8. The van der Waals surface area contributed by atoms with Gasteiger partial charge in [0.1, 0.15) is 0 Å². The van der Waals surface area contributed by atoms with E-state index in [1.165, 1.54) is 20.9 Å². The van der Waals surface area contributed by atoms with E-state index in [4.69, 9.17) is 19.9 Å². The second-order valence-corrected chi connectivity index (χ2v) is 20.1. The van der Waals surface area contributed by atoms with Gasteiger partial charge in [0, 0.05) is 72.3 Å². The third-order valence-electron chi connectivity index (χ3n) is 14.3. The zero-order valence-electron chi connectivity index (χ0n) is 41.2. The van der Waals surface area contributed by atoms with Gasteiger partial charge >= 0.3 is 0 Å². The number of nitrogens with zero attached hydrogens (tertiary/aromatic N) is 6. The maximum Gasteiger partial charge on any atom is 0.160 e. The van der Waals surface area contributed by atoms with E-state index in [1.807, 2.05) is 48.5 Å². The maximum absolute atomic E-state index is 5.55. The smallest absolute Gasteiger partial charge is 0.160 e. The first kappa shape index (κ1) is 45.0. The van der Waals surface area contributed by atoms with Crippen molar-refractivity contribution in [2.75, 3.05) is 9.80 Å². The van der Waals surface area contributed by atoms with Crippen molar-refractivity contribution in [3.63, 3.8) is 0 Å². The third-order valence-corrected chi connectivity index (χ3v) is 15.4. The van der Waals surface area contributed by atoms with Crippen LogP contribution in [-0.4, -0.2) is 19.9 Å². The summed E-state index contributed by atoms with van der Waals surface area (Å²) < 4.78 is 0. The van der Waals surface area contributed by atoms with Gasteiger partial charge in [-0.25, -0.2) is 19.9 Å². The van der Waals surface area contributed by atoms with Crippen LogP contribution in [-0.2, 0) is 6.42 Å². The molecule has 10 aromatic carbocycles. The van der Waals surface area contributed by atoms with Crippen molar-refractivity contribution >= 4 is 45.9 Å². The Kier molecular flexibility index (Phi) is 11.4. The minimum absolute atomic E-state index is 0.646. The molecule has 0 spiro atoms. The summed E-state index contributed by atoms with van der Waals surface area (Å²) in [6.45, 7) is 0. The van der Waals surface area contributed by atoms with Crippen LogP contribution in [0.4, 0.5) is 34.1 Å². The molecule has 0 amide bonds. The standard InChI is InChI=1S/C69H46N6S/c1-5-21-46(22-6-1)58-44-60(72-68(70-58)48-25-9-3-10-26-48)56-42-52(74-62-31-15-13-29-50(62)41-51-30-14-16-32-63(51)74)37-39-54(56)55-40-38-53(75-64-33-17-19-35-66(64)76-67-36-20-18-34-65(67)75)43-57(55)61-45-59(47-23-7-2-8-24-47)71-69(73-61)49-27-11-4-12-28-49/h1-40,42-45H,41H2. The number of aromatic nitrogens is 4. The lowest BCUT2D eigenvalue weighted by atomic mass is 9.89. The summed E-state index contributed by atoms with van der Waals surface area (Å²) in [6, 6.07) is 94.4. The van der Waals surface area contributed by atoms with E-state index in [1.54, 1.807) is 11.8 Å². The van der Waals surface area contributed by atoms with Gasteiger partial charge in [0.25, 0.3) is 0 Å². The molecule has 2 aromatic heterocycles. The number of anilines is 6. The first-order chi connectivity index (χ1) is 37.7. The fourth-order valence-corrected chi connectivity index (χ4v) is 11.8. The number of para-hydroxylation sites is 4. The SMILES string of the molecule is c1ccc(-c2cc(-c3cc(N4c5ccccc5Cc5ccccc54)ccc3-c3ccc(N4c5ccccc5Sc5ccccc54)cc3-c3cc(-c4ccccc4)nc(-c4ccccc4)n3)nc(-c3ccccc3)n2)cc1. The Morgan fingerprint density at radius 2 is 0.618 bits per heavy atom. The van der Waals surface area contributed by atoms with Gasteiger partial charge in [-0.3, -0.25) is 0 Å². The van der Waals surface area contributed by atoms with Crippen LogP contribution in [0.25, 0.3) is 78.9 Å². The Morgan fingerprint density at radius 3 is 1.05 bits per heavy atom. The Labute approximate surface area is 446 Å². The largest absolute Gasteiger partial charge is 0.310 e. The lowest BCUT2D eigenvalue weighted by molar-refractivity contribution is 1.09. The average molecular weight is 991 g/mol. The van der Waals surface area contributed by atoms with Gasteiger partial charge < -0.3 is 9.80 Å². The predicted octanol–water partition coefficient (Wildman–Crippen LogP) is 18.2. The van der Waals surface area contributed by atoms with E-state index in [0.717, 1.165) is 108 Å². The van der Waals surface area contributed by atoms with Gasteiger partial charge in [-0.15, -0.1) is 0 Å². The normalized spacial score (nSPS) is 12.3.